The topological polar surface area (TPSA) is 35.3 Å². The zero-order valence-corrected chi connectivity index (χ0v) is 16.3. The van der Waals surface area contributed by atoms with E-state index >= 15 is 0 Å². The molecule has 5 aromatic rings. The van der Waals surface area contributed by atoms with Gasteiger partial charge >= 0.3 is 0 Å². The van der Waals surface area contributed by atoms with Crippen LogP contribution >= 0.6 is 0 Å². The van der Waals surface area contributed by atoms with E-state index in [4.69, 9.17) is 4.74 Å². The van der Waals surface area contributed by atoms with Crippen molar-refractivity contribution in [3.63, 3.8) is 0 Å². The van der Waals surface area contributed by atoms with E-state index in [2.05, 4.69) is 30.4 Å². The van der Waals surface area contributed by atoms with Crippen molar-refractivity contribution in [1.82, 2.24) is 14.0 Å². The fraction of sp³-hybridized carbons (Fsp3) is 0.0833. The summed E-state index contributed by atoms with van der Waals surface area (Å²) in [5.74, 6) is 1.55. The van der Waals surface area contributed by atoms with Gasteiger partial charge in [0.15, 0.2) is 0 Å². The van der Waals surface area contributed by atoms with Gasteiger partial charge in [-0.3, -0.25) is 0 Å². The smallest absolute Gasteiger partial charge is 0.243 e. The van der Waals surface area contributed by atoms with Crippen LogP contribution in [-0.4, -0.2) is 14.0 Å². The molecule has 0 bridgehead atoms. The Bertz CT molecular complexity index is 1320. The van der Waals surface area contributed by atoms with Crippen LogP contribution in [0.2, 0.25) is 0 Å². The van der Waals surface area contributed by atoms with Crippen LogP contribution in [0.1, 0.15) is 5.69 Å². The molecule has 5 heteroatoms. The molecule has 0 radical (unpaired) electrons. The highest BCUT2D eigenvalue weighted by molar-refractivity contribution is 5.77. The maximum Gasteiger partial charge on any atom is 0.243 e. The van der Waals surface area contributed by atoms with E-state index in [1.165, 1.54) is 0 Å². The van der Waals surface area contributed by atoms with E-state index in [0.717, 1.165) is 39.7 Å². The molecule has 0 unspecified atom stereocenters. The summed E-state index contributed by atoms with van der Waals surface area (Å²) < 4.78 is 12.1. The van der Waals surface area contributed by atoms with Gasteiger partial charge in [-0.1, -0.05) is 30.3 Å². The van der Waals surface area contributed by atoms with Crippen molar-refractivity contribution >= 4 is 5.52 Å². The molecule has 0 fully saturated rings. The van der Waals surface area contributed by atoms with Crippen LogP contribution in [0, 0.1) is 13.3 Å². The van der Waals surface area contributed by atoms with E-state index in [1.807, 2.05) is 93.9 Å². The molecular weight excluding hydrogens is 360 g/mol. The number of nitrogens with zero attached hydrogens (tertiary/aromatic N) is 4. The predicted molar refractivity (Wildman–Crippen MR) is 111 cm³/mol. The Morgan fingerprint density at radius 1 is 0.966 bits per heavy atom. The number of hydrogen-bond acceptors (Lipinski definition) is 2. The van der Waals surface area contributed by atoms with Crippen molar-refractivity contribution in [3.05, 3.63) is 97.5 Å². The molecule has 0 aliphatic carbocycles. The molecule has 5 rings (SSSR count). The number of aryl methyl sites for hydroxylation is 2. The first kappa shape index (κ1) is 17.3. The lowest BCUT2D eigenvalue weighted by atomic mass is 10.1. The van der Waals surface area contributed by atoms with Crippen LogP contribution in [0.5, 0.6) is 11.5 Å². The molecule has 5 nitrogen and oxygen atoms in total. The van der Waals surface area contributed by atoms with Gasteiger partial charge in [0.05, 0.1) is 30.3 Å². The van der Waals surface area contributed by atoms with Crippen LogP contribution in [0.3, 0.4) is 0 Å². The molecule has 3 heterocycles. The summed E-state index contributed by atoms with van der Waals surface area (Å²) in [6.45, 7) is 2.06. The number of pyridine rings is 1. The first-order valence-corrected chi connectivity index (χ1v) is 9.45. The molecule has 0 atom stereocenters. The molecule has 142 valence electrons. The van der Waals surface area contributed by atoms with Crippen molar-refractivity contribution in [2.45, 2.75) is 6.92 Å². The third-order valence-corrected chi connectivity index (χ3v) is 4.85. The molecule has 3 aromatic heterocycles. The predicted octanol–water partition coefficient (Wildman–Crippen LogP) is 4.52. The quantitative estimate of drug-likeness (QED) is 0.339. The summed E-state index contributed by atoms with van der Waals surface area (Å²) in [7, 11) is 1.97. The Kier molecular flexibility index (Phi) is 4.13. The van der Waals surface area contributed by atoms with Crippen molar-refractivity contribution < 1.29 is 9.30 Å². The first-order chi connectivity index (χ1) is 14.2. The second-order valence-corrected chi connectivity index (χ2v) is 7.03. The monoisotopic (exact) mass is 380 g/mol. The number of benzene rings is 2. The van der Waals surface area contributed by atoms with E-state index in [9.17, 15) is 0 Å². The fourth-order valence-corrected chi connectivity index (χ4v) is 3.56. The van der Waals surface area contributed by atoms with Crippen molar-refractivity contribution in [3.8, 4) is 28.4 Å². The minimum Gasteiger partial charge on any atom is -0.458 e. The Labute approximate surface area is 169 Å². The molecule has 0 saturated carbocycles. The number of rotatable bonds is 4. The average Bonchev–Trinajstić information content (AvgIpc) is 3.31. The summed E-state index contributed by atoms with van der Waals surface area (Å²) in [6, 6.07) is 22.1. The summed E-state index contributed by atoms with van der Waals surface area (Å²) in [5, 5.41) is 0. The molecule has 29 heavy (non-hydrogen) atoms. The molecule has 0 aliphatic heterocycles. The van der Waals surface area contributed by atoms with Crippen molar-refractivity contribution in [1.29, 1.82) is 0 Å². The average molecular weight is 380 g/mol. The highest BCUT2D eigenvalue weighted by atomic mass is 16.5. The van der Waals surface area contributed by atoms with Gasteiger partial charge in [0, 0.05) is 23.7 Å². The Balaban J connectivity index is 1.47. The van der Waals surface area contributed by atoms with Crippen molar-refractivity contribution in [2.24, 2.45) is 7.05 Å². The molecule has 0 saturated heterocycles. The largest absolute Gasteiger partial charge is 0.458 e. The minimum absolute atomic E-state index is 0.774. The molecule has 0 amide bonds. The van der Waals surface area contributed by atoms with Gasteiger partial charge in [-0.15, -0.1) is 0 Å². The zero-order chi connectivity index (χ0) is 19.8. The third kappa shape index (κ3) is 3.27. The second kappa shape index (κ2) is 6.95. The van der Waals surface area contributed by atoms with Gasteiger partial charge < -0.3 is 18.3 Å². The maximum absolute atomic E-state index is 6.17. The summed E-state index contributed by atoms with van der Waals surface area (Å²) in [5.41, 5.74) is 5.15. The second-order valence-electron chi connectivity index (χ2n) is 7.03. The summed E-state index contributed by atoms with van der Waals surface area (Å²) in [4.78, 5) is 4.58. The van der Waals surface area contributed by atoms with E-state index < -0.39 is 0 Å². The fourth-order valence-electron chi connectivity index (χ4n) is 3.56. The van der Waals surface area contributed by atoms with Gasteiger partial charge in [-0.05, 0) is 43.3 Å². The standard InChI is InChI=1S/C24H20N4O/c1-18-15-26(2)17-28(18)20-8-6-10-22(14-20)29-21-9-5-7-19(13-21)24-23-11-3-4-12-27(23)16-25-24/h3-16H,1-2H3. The van der Waals surface area contributed by atoms with E-state index in [-0.39, 0.29) is 0 Å². The lowest BCUT2D eigenvalue weighted by molar-refractivity contribution is -0.675. The number of imidazole rings is 2. The Hall–Kier alpha value is -3.86. The van der Waals surface area contributed by atoms with Crippen LogP contribution in [-0.2, 0) is 7.05 Å². The van der Waals surface area contributed by atoms with Crippen LogP contribution in [0.15, 0.2) is 85.5 Å². The highest BCUT2D eigenvalue weighted by Gasteiger charge is 2.09. The lowest BCUT2D eigenvalue weighted by Gasteiger charge is -2.10. The number of fused-ring (bicyclic) bond motifs is 1. The maximum atomic E-state index is 6.17. The van der Waals surface area contributed by atoms with Gasteiger partial charge in [0.1, 0.15) is 11.5 Å². The summed E-state index contributed by atoms with van der Waals surface area (Å²) >= 11 is 0. The highest BCUT2D eigenvalue weighted by Crippen LogP contribution is 2.29. The van der Waals surface area contributed by atoms with Gasteiger partial charge in [0.25, 0.3) is 0 Å². The Morgan fingerprint density at radius 3 is 2.62 bits per heavy atom. The molecular formula is C24H20N4O. The SMILES string of the molecule is Cc1c[n+](C)[c-]n1-c1cccc(Oc2cccc(-c3ncn4ccccc34)c2)c1. The van der Waals surface area contributed by atoms with Crippen LogP contribution < -0.4 is 9.30 Å². The third-order valence-electron chi connectivity index (χ3n) is 4.85. The number of aromatic nitrogens is 4. The number of ether oxygens (including phenoxy) is 1. The van der Waals surface area contributed by atoms with Gasteiger partial charge in [-0.25, -0.2) is 4.98 Å². The van der Waals surface area contributed by atoms with Crippen LogP contribution in [0.25, 0.3) is 22.5 Å². The summed E-state index contributed by atoms with van der Waals surface area (Å²) in [6.07, 6.45) is 9.13. The lowest BCUT2D eigenvalue weighted by Crippen LogP contribution is -2.24. The van der Waals surface area contributed by atoms with E-state index in [1.54, 1.807) is 0 Å². The van der Waals surface area contributed by atoms with Crippen LogP contribution in [0.4, 0.5) is 0 Å². The van der Waals surface area contributed by atoms with Crippen molar-refractivity contribution in [2.75, 3.05) is 0 Å². The Morgan fingerprint density at radius 2 is 1.79 bits per heavy atom. The molecule has 0 N–H and O–H groups in total. The molecule has 0 aliphatic rings. The minimum atomic E-state index is 0.774. The molecule has 2 aromatic carbocycles. The number of hydrogen-bond donors (Lipinski definition) is 0. The molecule has 0 spiro atoms. The zero-order valence-electron chi connectivity index (χ0n) is 16.3. The van der Waals surface area contributed by atoms with E-state index in [0.29, 0.717) is 0 Å². The van der Waals surface area contributed by atoms with Gasteiger partial charge in [-0.2, -0.15) is 0 Å². The van der Waals surface area contributed by atoms with Gasteiger partial charge in [0.2, 0.25) is 6.33 Å². The first-order valence-electron chi connectivity index (χ1n) is 9.45. The normalized spacial score (nSPS) is 11.1.